The Kier molecular flexibility index (Phi) is 7.71. The van der Waals surface area contributed by atoms with Gasteiger partial charge in [0.25, 0.3) is 0 Å². The predicted molar refractivity (Wildman–Crippen MR) is 139 cm³/mol. The summed E-state index contributed by atoms with van der Waals surface area (Å²) in [5.41, 5.74) is 1.86. The summed E-state index contributed by atoms with van der Waals surface area (Å²) in [6, 6.07) is 10.4. The van der Waals surface area contributed by atoms with E-state index >= 15 is 0 Å². The van der Waals surface area contributed by atoms with Gasteiger partial charge in [-0.25, -0.2) is 8.42 Å². The van der Waals surface area contributed by atoms with Crippen LogP contribution in [0.4, 0.5) is 0 Å². The number of aromatic hydroxyl groups is 1. The number of phenolic OH excluding ortho intramolecular Hbond substituents is 1. The normalized spacial score (nSPS) is 21.1. The Hall–Kier alpha value is -2.01. The molecule has 1 N–H and O–H groups in total. The molecule has 0 radical (unpaired) electrons. The van der Waals surface area contributed by atoms with Gasteiger partial charge in [0.05, 0.1) is 15.9 Å². The molecule has 0 heterocycles. The van der Waals surface area contributed by atoms with E-state index in [-0.39, 0.29) is 22.7 Å². The van der Waals surface area contributed by atoms with Gasteiger partial charge < -0.3 is 9.84 Å². The van der Waals surface area contributed by atoms with Crippen molar-refractivity contribution in [2.24, 2.45) is 0 Å². The van der Waals surface area contributed by atoms with E-state index in [0.717, 1.165) is 68.2 Å². The molecule has 5 rings (SSSR count). The molecule has 2 aromatic carbocycles. The molecule has 35 heavy (non-hydrogen) atoms. The number of hydrogen-bond acceptors (Lipinski definition) is 4. The highest BCUT2D eigenvalue weighted by atomic mass is 32.2. The van der Waals surface area contributed by atoms with Crippen LogP contribution < -0.4 is 4.74 Å². The molecule has 3 saturated carbocycles. The van der Waals surface area contributed by atoms with E-state index in [2.05, 4.69) is 0 Å². The fourth-order valence-corrected chi connectivity index (χ4v) is 7.80. The second kappa shape index (κ2) is 10.9. The summed E-state index contributed by atoms with van der Waals surface area (Å²) in [4.78, 5) is 0.626. The fraction of sp³-hybridized carbons (Fsp3) is 0.600. The minimum Gasteiger partial charge on any atom is -0.508 e. The Morgan fingerprint density at radius 1 is 0.629 bits per heavy atom. The Bertz CT molecular complexity index is 1110. The van der Waals surface area contributed by atoms with Crippen LogP contribution in [0.15, 0.2) is 46.2 Å². The van der Waals surface area contributed by atoms with Gasteiger partial charge in [0.1, 0.15) is 11.5 Å². The third-order valence-corrected chi connectivity index (χ3v) is 10.3. The standard InChI is InChI=1S/C30H40O4S/c31-29-18-16-25(20-27(29)22-10-4-1-5-11-22)35(32,33)26-17-19-30(34-24-14-8-3-9-15-24)28(21-26)23-12-6-2-7-13-23/h16-24,31H,1-15H2. The fourth-order valence-electron chi connectivity index (χ4n) is 6.47. The molecule has 0 aromatic heterocycles. The van der Waals surface area contributed by atoms with Gasteiger partial charge in [-0.05, 0) is 111 Å². The van der Waals surface area contributed by atoms with E-state index in [4.69, 9.17) is 4.74 Å². The van der Waals surface area contributed by atoms with E-state index in [1.165, 1.54) is 44.9 Å². The largest absolute Gasteiger partial charge is 0.508 e. The van der Waals surface area contributed by atoms with E-state index in [9.17, 15) is 13.5 Å². The molecule has 0 amide bonds. The van der Waals surface area contributed by atoms with Crippen molar-refractivity contribution < 1.29 is 18.3 Å². The van der Waals surface area contributed by atoms with E-state index in [1.54, 1.807) is 24.3 Å². The highest BCUT2D eigenvalue weighted by molar-refractivity contribution is 7.91. The van der Waals surface area contributed by atoms with Crippen molar-refractivity contribution in [2.45, 2.75) is 124 Å². The second-order valence-corrected chi connectivity index (χ2v) is 12.9. The van der Waals surface area contributed by atoms with Crippen LogP contribution >= 0.6 is 0 Å². The molecule has 190 valence electrons. The number of sulfone groups is 1. The zero-order valence-corrected chi connectivity index (χ0v) is 21.7. The summed E-state index contributed by atoms with van der Waals surface area (Å²) < 4.78 is 34.1. The number of hydrogen-bond donors (Lipinski definition) is 1. The number of rotatable bonds is 6. The lowest BCUT2D eigenvalue weighted by Crippen LogP contribution is -2.21. The zero-order valence-electron chi connectivity index (χ0n) is 20.9. The third-order valence-electron chi connectivity index (χ3n) is 8.54. The van der Waals surface area contributed by atoms with Crippen molar-refractivity contribution in [3.63, 3.8) is 0 Å². The van der Waals surface area contributed by atoms with E-state index in [1.807, 2.05) is 12.1 Å². The molecule has 3 fully saturated rings. The highest BCUT2D eigenvalue weighted by Crippen LogP contribution is 2.42. The van der Waals surface area contributed by atoms with Crippen molar-refractivity contribution >= 4 is 9.84 Å². The highest BCUT2D eigenvalue weighted by Gasteiger charge is 2.27. The second-order valence-electron chi connectivity index (χ2n) is 11.0. The maximum atomic E-state index is 13.8. The van der Waals surface area contributed by atoms with Crippen molar-refractivity contribution in [2.75, 3.05) is 0 Å². The van der Waals surface area contributed by atoms with Crippen LogP contribution in [-0.4, -0.2) is 19.6 Å². The van der Waals surface area contributed by atoms with Gasteiger partial charge in [-0.1, -0.05) is 44.9 Å². The molecule has 0 unspecified atom stereocenters. The first-order valence-electron chi connectivity index (χ1n) is 13.9. The molecule has 0 aliphatic heterocycles. The van der Waals surface area contributed by atoms with Crippen molar-refractivity contribution in [1.82, 2.24) is 0 Å². The maximum Gasteiger partial charge on any atom is 0.206 e. The SMILES string of the molecule is O=S(=O)(c1ccc(O)c(C2CCCCC2)c1)c1ccc(OC2CCCCC2)c(C2CCCCC2)c1. The maximum absolute atomic E-state index is 13.8. The van der Waals surface area contributed by atoms with Crippen LogP contribution in [0.3, 0.4) is 0 Å². The van der Waals surface area contributed by atoms with Crippen LogP contribution in [0.1, 0.15) is 119 Å². The molecule has 3 aliphatic carbocycles. The molecule has 0 bridgehead atoms. The lowest BCUT2D eigenvalue weighted by atomic mass is 9.83. The molecular formula is C30H40O4S. The minimum atomic E-state index is -3.69. The quantitative estimate of drug-likeness (QED) is 0.440. The summed E-state index contributed by atoms with van der Waals surface area (Å²) in [6.07, 6.45) is 17.4. The summed E-state index contributed by atoms with van der Waals surface area (Å²) in [7, 11) is -3.69. The monoisotopic (exact) mass is 496 g/mol. The molecule has 0 spiro atoms. The lowest BCUT2D eigenvalue weighted by molar-refractivity contribution is 0.152. The van der Waals surface area contributed by atoms with Gasteiger partial charge >= 0.3 is 0 Å². The van der Waals surface area contributed by atoms with Crippen LogP contribution in [0.5, 0.6) is 11.5 Å². The number of ether oxygens (including phenoxy) is 1. The average Bonchev–Trinajstić information content (AvgIpc) is 2.90. The average molecular weight is 497 g/mol. The predicted octanol–water partition coefficient (Wildman–Crippen LogP) is 8.03. The van der Waals surface area contributed by atoms with Crippen LogP contribution in [-0.2, 0) is 9.84 Å². The first-order chi connectivity index (χ1) is 17.0. The van der Waals surface area contributed by atoms with Gasteiger partial charge in [-0.2, -0.15) is 0 Å². The van der Waals surface area contributed by atoms with Gasteiger partial charge in [-0.3, -0.25) is 0 Å². The van der Waals surface area contributed by atoms with Gasteiger partial charge in [-0.15, -0.1) is 0 Å². The molecular weight excluding hydrogens is 456 g/mol. The number of benzene rings is 2. The summed E-state index contributed by atoms with van der Waals surface area (Å²) in [5.74, 6) is 1.70. The minimum absolute atomic E-state index is 0.218. The zero-order chi connectivity index (χ0) is 24.3. The topological polar surface area (TPSA) is 63.6 Å². The smallest absolute Gasteiger partial charge is 0.206 e. The number of phenols is 1. The molecule has 5 heteroatoms. The van der Waals surface area contributed by atoms with Crippen LogP contribution in [0, 0.1) is 0 Å². The Labute approximate surface area is 211 Å². The van der Waals surface area contributed by atoms with Gasteiger partial charge in [0.2, 0.25) is 9.84 Å². The molecule has 2 aromatic rings. The van der Waals surface area contributed by atoms with E-state index < -0.39 is 9.84 Å². The summed E-state index contributed by atoms with van der Waals surface area (Å²) in [6.45, 7) is 0. The molecule has 0 atom stereocenters. The Morgan fingerprint density at radius 3 is 1.71 bits per heavy atom. The first kappa shape index (κ1) is 24.7. The lowest BCUT2D eigenvalue weighted by Gasteiger charge is -2.28. The third kappa shape index (κ3) is 5.55. The van der Waals surface area contributed by atoms with Crippen molar-refractivity contribution in [3.05, 3.63) is 47.5 Å². The van der Waals surface area contributed by atoms with E-state index in [0.29, 0.717) is 10.8 Å². The van der Waals surface area contributed by atoms with Gasteiger partial charge in [0, 0.05) is 0 Å². The molecule has 3 aliphatic rings. The Balaban J connectivity index is 1.48. The van der Waals surface area contributed by atoms with Crippen LogP contribution in [0.2, 0.25) is 0 Å². The van der Waals surface area contributed by atoms with Crippen molar-refractivity contribution in [1.29, 1.82) is 0 Å². The summed E-state index contributed by atoms with van der Waals surface area (Å²) in [5, 5.41) is 10.5. The van der Waals surface area contributed by atoms with Crippen LogP contribution in [0.25, 0.3) is 0 Å². The molecule has 4 nitrogen and oxygen atoms in total. The summed E-state index contributed by atoms with van der Waals surface area (Å²) >= 11 is 0. The Morgan fingerprint density at radius 2 is 1.11 bits per heavy atom. The van der Waals surface area contributed by atoms with Crippen molar-refractivity contribution in [3.8, 4) is 11.5 Å². The first-order valence-corrected chi connectivity index (χ1v) is 15.4. The van der Waals surface area contributed by atoms with Gasteiger partial charge in [0.15, 0.2) is 0 Å². The molecule has 0 saturated heterocycles.